The highest BCUT2D eigenvalue weighted by Gasteiger charge is 2.47. The molecule has 4 rings (SSSR count). The van der Waals surface area contributed by atoms with Gasteiger partial charge in [0, 0.05) is 29.4 Å². The van der Waals surface area contributed by atoms with Crippen molar-refractivity contribution in [3.63, 3.8) is 0 Å². The fourth-order valence-electron chi connectivity index (χ4n) is 3.90. The second kappa shape index (κ2) is 7.85. The molecular weight excluding hydrogens is 441 g/mol. The number of aliphatic imine (C=N–C) groups is 1. The summed E-state index contributed by atoms with van der Waals surface area (Å²) in [5, 5.41) is 0.455. The highest BCUT2D eigenvalue weighted by molar-refractivity contribution is 6.30. The van der Waals surface area contributed by atoms with E-state index in [0.29, 0.717) is 27.5 Å². The number of alkyl halides is 3. The van der Waals surface area contributed by atoms with E-state index in [-0.39, 0.29) is 22.9 Å². The van der Waals surface area contributed by atoms with Crippen LogP contribution in [0.5, 0.6) is 0 Å². The van der Waals surface area contributed by atoms with Crippen molar-refractivity contribution in [2.45, 2.75) is 38.0 Å². The number of aromatic nitrogens is 1. The smallest absolute Gasteiger partial charge is 0.394 e. The maximum atomic E-state index is 13.9. The Balaban J connectivity index is 2.02. The molecule has 2 aromatic rings. The Kier molecular flexibility index (Phi) is 5.45. The molecule has 0 radical (unpaired) electrons. The fourth-order valence-corrected chi connectivity index (χ4v) is 4.02. The van der Waals surface area contributed by atoms with Gasteiger partial charge >= 0.3 is 6.18 Å². The van der Waals surface area contributed by atoms with Crippen LogP contribution in [0.3, 0.4) is 0 Å². The van der Waals surface area contributed by atoms with E-state index in [1.807, 2.05) is 0 Å². The van der Waals surface area contributed by atoms with Crippen molar-refractivity contribution in [2.75, 3.05) is 4.90 Å². The molecule has 0 spiro atoms. The molecule has 1 saturated carbocycles. The van der Waals surface area contributed by atoms with Gasteiger partial charge in [0.1, 0.15) is 5.70 Å². The van der Waals surface area contributed by atoms with Crippen LogP contribution >= 0.6 is 11.6 Å². The summed E-state index contributed by atoms with van der Waals surface area (Å²) in [7, 11) is 1.59. The first-order chi connectivity index (χ1) is 15.0. The average molecular weight is 463 g/mol. The summed E-state index contributed by atoms with van der Waals surface area (Å²) < 4.78 is 43.0. The summed E-state index contributed by atoms with van der Waals surface area (Å²) in [6.07, 6.45) is -1.56. The molecule has 2 N–H and O–H groups in total. The fraction of sp³-hybridized carbons (Fsp3) is 0.304. The van der Waals surface area contributed by atoms with Crippen molar-refractivity contribution in [1.82, 2.24) is 4.57 Å². The molecule has 1 aliphatic heterocycles. The minimum Gasteiger partial charge on any atom is -0.394 e. The monoisotopic (exact) mass is 462 g/mol. The van der Waals surface area contributed by atoms with E-state index in [4.69, 9.17) is 17.3 Å². The molecule has 2 heterocycles. The Morgan fingerprint density at radius 3 is 2.41 bits per heavy atom. The number of allylic oxidation sites excluding steroid dienone is 2. The number of halogens is 4. The number of benzene rings is 1. The highest BCUT2D eigenvalue weighted by atomic mass is 35.5. The van der Waals surface area contributed by atoms with Gasteiger partial charge in [0.15, 0.2) is 0 Å². The van der Waals surface area contributed by atoms with Crippen molar-refractivity contribution in [1.29, 1.82) is 0 Å². The van der Waals surface area contributed by atoms with Gasteiger partial charge in [-0.1, -0.05) is 30.3 Å². The highest BCUT2D eigenvalue weighted by Crippen LogP contribution is 2.47. The molecule has 168 valence electrons. The number of hydrogen-bond acceptors (Lipinski definition) is 4. The molecule has 1 aromatic carbocycles. The SMILES string of the molecule is C=C1C(=NC2CC2)C(=C(N)C(F)(F)F)C(c2ccc(Cl)cc2)N1c1cc(C)c(=O)n(C)c1. The molecule has 2 aliphatic rings. The van der Waals surface area contributed by atoms with E-state index in [0.717, 1.165) is 12.8 Å². The molecule has 32 heavy (non-hydrogen) atoms. The van der Waals surface area contributed by atoms with Crippen LogP contribution in [0.1, 0.15) is 30.0 Å². The van der Waals surface area contributed by atoms with Crippen molar-refractivity contribution < 1.29 is 13.2 Å². The number of aryl methyl sites for hydroxylation is 2. The lowest BCUT2D eigenvalue weighted by Gasteiger charge is -2.29. The number of hydrogen-bond donors (Lipinski definition) is 1. The number of nitrogens with two attached hydrogens (primary N) is 1. The minimum absolute atomic E-state index is 0.0505. The number of nitrogens with zero attached hydrogens (tertiary/aromatic N) is 3. The Morgan fingerprint density at radius 2 is 1.88 bits per heavy atom. The normalized spacial score (nSPS) is 22.1. The topological polar surface area (TPSA) is 63.6 Å². The van der Waals surface area contributed by atoms with Gasteiger partial charge in [-0.15, -0.1) is 0 Å². The Hall–Kier alpha value is -3.00. The van der Waals surface area contributed by atoms with Gasteiger partial charge in [-0.25, -0.2) is 0 Å². The lowest BCUT2D eigenvalue weighted by molar-refractivity contribution is -0.0933. The van der Waals surface area contributed by atoms with E-state index >= 15 is 0 Å². The van der Waals surface area contributed by atoms with Crippen LogP contribution in [0.2, 0.25) is 5.02 Å². The van der Waals surface area contributed by atoms with Crippen LogP contribution in [0.25, 0.3) is 0 Å². The molecular formula is C23H22ClF3N4O. The van der Waals surface area contributed by atoms with E-state index in [9.17, 15) is 18.0 Å². The molecule has 0 bridgehead atoms. The zero-order valence-electron chi connectivity index (χ0n) is 17.6. The van der Waals surface area contributed by atoms with Crippen molar-refractivity contribution in [2.24, 2.45) is 17.8 Å². The van der Waals surface area contributed by atoms with Crippen LogP contribution < -0.4 is 16.2 Å². The summed E-state index contributed by atoms with van der Waals surface area (Å²) in [5.74, 6) is 0. The van der Waals surface area contributed by atoms with Crippen LogP contribution in [-0.4, -0.2) is 22.5 Å². The molecule has 5 nitrogen and oxygen atoms in total. The van der Waals surface area contributed by atoms with Gasteiger partial charge in [-0.2, -0.15) is 13.2 Å². The first kappa shape index (κ1) is 22.2. The first-order valence-electron chi connectivity index (χ1n) is 10.0. The summed E-state index contributed by atoms with van der Waals surface area (Å²) >= 11 is 6.03. The van der Waals surface area contributed by atoms with Gasteiger partial charge < -0.3 is 15.2 Å². The van der Waals surface area contributed by atoms with E-state index in [1.54, 1.807) is 55.4 Å². The van der Waals surface area contributed by atoms with Crippen molar-refractivity contribution >= 4 is 23.0 Å². The Labute approximate surface area is 188 Å². The number of pyridine rings is 1. The third-order valence-electron chi connectivity index (χ3n) is 5.62. The predicted molar refractivity (Wildman–Crippen MR) is 120 cm³/mol. The van der Waals surface area contributed by atoms with E-state index in [2.05, 4.69) is 11.6 Å². The van der Waals surface area contributed by atoms with Crippen LogP contribution in [0.4, 0.5) is 18.9 Å². The third kappa shape index (κ3) is 3.95. The average Bonchev–Trinajstić information content (AvgIpc) is 3.49. The number of rotatable bonds is 3. The zero-order valence-corrected chi connectivity index (χ0v) is 18.3. The van der Waals surface area contributed by atoms with E-state index < -0.39 is 17.9 Å². The van der Waals surface area contributed by atoms with Gasteiger partial charge in [0.25, 0.3) is 5.56 Å². The van der Waals surface area contributed by atoms with Crippen molar-refractivity contribution in [3.8, 4) is 0 Å². The second-order valence-corrected chi connectivity index (χ2v) is 8.54. The summed E-state index contributed by atoms with van der Waals surface area (Å²) in [6.45, 7) is 5.74. The maximum Gasteiger partial charge on any atom is 0.431 e. The molecule has 0 amide bonds. The molecule has 1 atom stereocenters. The number of anilines is 1. The lowest BCUT2D eigenvalue weighted by Crippen LogP contribution is -2.28. The Morgan fingerprint density at radius 1 is 1.25 bits per heavy atom. The second-order valence-electron chi connectivity index (χ2n) is 8.10. The summed E-state index contributed by atoms with van der Waals surface area (Å²) in [6, 6.07) is 7.19. The predicted octanol–water partition coefficient (Wildman–Crippen LogP) is 4.80. The van der Waals surface area contributed by atoms with E-state index in [1.165, 1.54) is 4.57 Å². The largest absolute Gasteiger partial charge is 0.431 e. The van der Waals surface area contributed by atoms with Crippen LogP contribution in [0.15, 0.2) is 69.9 Å². The van der Waals surface area contributed by atoms with Crippen LogP contribution in [-0.2, 0) is 7.05 Å². The van der Waals surface area contributed by atoms with Gasteiger partial charge in [-0.05, 0) is 43.5 Å². The lowest BCUT2D eigenvalue weighted by atomic mass is 9.96. The van der Waals surface area contributed by atoms with Crippen molar-refractivity contribution in [3.05, 3.63) is 86.6 Å². The van der Waals surface area contributed by atoms with Gasteiger partial charge in [0.2, 0.25) is 0 Å². The molecule has 9 heteroatoms. The molecule has 1 aliphatic carbocycles. The summed E-state index contributed by atoms with van der Waals surface area (Å²) in [4.78, 5) is 18.5. The minimum atomic E-state index is -4.75. The molecule has 1 saturated heterocycles. The summed E-state index contributed by atoms with van der Waals surface area (Å²) in [5.41, 5.74) is 6.14. The third-order valence-corrected chi connectivity index (χ3v) is 5.87. The Bertz CT molecular complexity index is 1180. The molecule has 1 aromatic heterocycles. The molecule has 2 fully saturated rings. The quantitative estimate of drug-likeness (QED) is 0.712. The van der Waals surface area contributed by atoms with Gasteiger partial charge in [0.05, 0.1) is 29.2 Å². The standard InChI is InChI=1S/C23H22ClF3N4O/c1-12-10-17(11-30(3)22(12)32)31-13(2)19(29-16-8-9-16)18(21(28)23(25,26)27)20(31)14-4-6-15(24)7-5-14/h4-7,10-11,16,20H,2,8-9,28H2,1,3H3. The van der Waals surface area contributed by atoms with Crippen LogP contribution in [0, 0.1) is 6.92 Å². The zero-order chi connectivity index (χ0) is 23.4. The first-order valence-corrected chi connectivity index (χ1v) is 10.4. The molecule has 1 unspecified atom stereocenters. The van der Waals surface area contributed by atoms with Gasteiger partial charge in [-0.3, -0.25) is 9.79 Å². The maximum absolute atomic E-state index is 13.9.